The minimum Gasteiger partial charge on any atom is -0.491 e. The van der Waals surface area contributed by atoms with Gasteiger partial charge in [-0.25, -0.2) is 19.7 Å². The number of rotatable bonds is 44. The van der Waals surface area contributed by atoms with Crippen LogP contribution in [0.15, 0.2) is 73.6 Å². The summed E-state index contributed by atoms with van der Waals surface area (Å²) in [6.07, 6.45) is 9.01. The molecule has 5 aromatic heterocycles. The summed E-state index contributed by atoms with van der Waals surface area (Å²) in [7, 11) is 8.15. The summed E-state index contributed by atoms with van der Waals surface area (Å²) >= 11 is 0. The zero-order chi connectivity index (χ0) is 67.2. The maximum absolute atomic E-state index is 13.6. The Labute approximate surface area is 540 Å². The molecule has 510 valence electrons. The van der Waals surface area contributed by atoms with Crippen LogP contribution < -0.4 is 47.3 Å². The van der Waals surface area contributed by atoms with Gasteiger partial charge in [0, 0.05) is 103 Å². The summed E-state index contributed by atoms with van der Waals surface area (Å²) in [6.45, 7) is 6.75. The summed E-state index contributed by atoms with van der Waals surface area (Å²) in [5.74, 6) is -2.28. The van der Waals surface area contributed by atoms with Crippen molar-refractivity contribution in [1.29, 1.82) is 0 Å². The monoisotopic (exact) mass is 1310 g/mol. The molecule has 94 heavy (non-hydrogen) atoms. The number of hydrogen-bond acceptors (Lipinski definition) is 20. The predicted octanol–water partition coefficient (Wildman–Crippen LogP) is 2.15. The van der Waals surface area contributed by atoms with Gasteiger partial charge in [0.15, 0.2) is 17.5 Å². The van der Waals surface area contributed by atoms with Gasteiger partial charge in [-0.3, -0.25) is 38.9 Å². The number of ether oxygens (including phenoxy) is 9. The van der Waals surface area contributed by atoms with Gasteiger partial charge in [0.25, 0.3) is 29.5 Å². The first-order chi connectivity index (χ1) is 45.3. The Morgan fingerprint density at radius 3 is 1.38 bits per heavy atom. The Hall–Kier alpha value is -9.55. The molecule has 34 heteroatoms. The van der Waals surface area contributed by atoms with Crippen molar-refractivity contribution in [1.82, 2.24) is 53.7 Å². The number of carbonyl (C=O) groups excluding carboxylic acids is 7. The van der Waals surface area contributed by atoms with Crippen LogP contribution in [0.4, 0.5) is 33.5 Å². The Kier molecular flexibility index (Phi) is 28.5. The molecule has 5 heterocycles. The van der Waals surface area contributed by atoms with Crippen molar-refractivity contribution in [2.24, 2.45) is 35.2 Å². The topological polar surface area (TPSA) is 399 Å². The van der Waals surface area contributed by atoms with E-state index in [1.165, 1.54) is 49.0 Å². The summed E-state index contributed by atoms with van der Waals surface area (Å²) in [5, 5.41) is 30.2. The molecule has 1 saturated carbocycles. The third-order valence-corrected chi connectivity index (χ3v) is 13.8. The molecule has 9 N–H and O–H groups in total. The first-order valence-corrected chi connectivity index (χ1v) is 30.2. The molecular weight excluding hydrogens is 1230 g/mol. The first kappa shape index (κ1) is 71.9. The molecule has 6 aromatic rings. The minimum absolute atomic E-state index is 0.0221. The van der Waals surface area contributed by atoms with Crippen molar-refractivity contribution in [3.8, 4) is 5.75 Å². The average Bonchev–Trinajstić information content (AvgIpc) is 1.65. The summed E-state index contributed by atoms with van der Waals surface area (Å²) in [5.41, 5.74) is 0.779. The minimum atomic E-state index is -1.13. The molecule has 1 fully saturated rings. The number of amides is 8. The third kappa shape index (κ3) is 24.2. The quantitative estimate of drug-likeness (QED) is 0.0247. The number of carboxylic acid groups (broad SMARTS) is 1. The molecule has 0 bridgehead atoms. The van der Waals surface area contributed by atoms with Crippen molar-refractivity contribution >= 4 is 76.1 Å². The molecule has 8 amide bonds. The zero-order valence-corrected chi connectivity index (χ0v) is 53.2. The van der Waals surface area contributed by atoms with Gasteiger partial charge in [0.1, 0.15) is 23.7 Å². The Morgan fingerprint density at radius 2 is 0.904 bits per heavy atom. The number of nitrogens with zero attached hydrogens (tertiary/aromatic N) is 8. The molecule has 0 saturated heterocycles. The van der Waals surface area contributed by atoms with Crippen LogP contribution in [0.2, 0.25) is 0 Å². The molecule has 1 aliphatic rings. The van der Waals surface area contributed by atoms with E-state index < -0.39 is 53.0 Å². The highest BCUT2D eigenvalue weighted by Crippen LogP contribution is 2.39. The number of aromatic nitrogens is 8. The molecule has 0 aliphatic heterocycles. The molecular formula is C60H82N16O18. The van der Waals surface area contributed by atoms with Crippen LogP contribution in [-0.2, 0) is 82.7 Å². The van der Waals surface area contributed by atoms with Crippen molar-refractivity contribution in [2.75, 3.05) is 152 Å². The van der Waals surface area contributed by atoms with E-state index in [0.29, 0.717) is 136 Å². The van der Waals surface area contributed by atoms with E-state index in [4.69, 9.17) is 47.7 Å². The van der Waals surface area contributed by atoms with Crippen molar-refractivity contribution < 1.29 is 86.1 Å². The summed E-state index contributed by atoms with van der Waals surface area (Å²) in [4.78, 5) is 115. The van der Waals surface area contributed by atoms with E-state index in [9.17, 15) is 38.4 Å². The van der Waals surface area contributed by atoms with Gasteiger partial charge in [-0.05, 0) is 49.2 Å². The molecule has 7 rings (SSSR count). The van der Waals surface area contributed by atoms with Gasteiger partial charge in [0.05, 0.1) is 124 Å². The lowest BCUT2D eigenvalue weighted by atomic mass is 10.1. The van der Waals surface area contributed by atoms with E-state index in [2.05, 4.69) is 57.5 Å². The Morgan fingerprint density at radius 1 is 0.457 bits per heavy atom. The van der Waals surface area contributed by atoms with Gasteiger partial charge < -0.3 is 108 Å². The first-order valence-electron chi connectivity index (χ1n) is 30.2. The second kappa shape index (κ2) is 37.2. The van der Waals surface area contributed by atoms with Gasteiger partial charge in [0.2, 0.25) is 23.5 Å². The highest BCUT2D eigenvalue weighted by molar-refractivity contribution is 6.05. The highest BCUT2D eigenvalue weighted by Gasteiger charge is 2.46. The van der Waals surface area contributed by atoms with Gasteiger partial charge in [-0.2, -0.15) is 0 Å². The van der Waals surface area contributed by atoms with E-state index >= 15 is 0 Å². The fourth-order valence-corrected chi connectivity index (χ4v) is 8.97. The number of anilines is 5. The molecule has 1 aliphatic carbocycles. The van der Waals surface area contributed by atoms with Crippen LogP contribution >= 0.6 is 0 Å². The summed E-state index contributed by atoms with van der Waals surface area (Å²) in [6, 6.07) is 9.56. The second-order valence-electron chi connectivity index (χ2n) is 21.3. The van der Waals surface area contributed by atoms with Gasteiger partial charge >= 0.3 is 6.09 Å². The van der Waals surface area contributed by atoms with Gasteiger partial charge in [-0.15, -0.1) is 0 Å². The normalized spacial score (nSPS) is 12.2. The highest BCUT2D eigenvalue weighted by atomic mass is 16.6. The standard InChI is InChI=1S/C60H82N16O18/c1-72-16-14-61-51(72)57(82)64-42-34-45(73(2)37-42)54(79)62-13-10-49(77)67-47-39-76(5)53(70-47)58(83)65-43-35-46(74(3)38-43)55(80)71-60(11-12-60)36-50(78)68-48-40-75(4)52(69-48)56(81)63-15-17-86-18-19-87-20-21-88-22-23-89-24-25-90-26-27-91-28-29-92-30-31-93-32-33-94-44-8-6-41(7-9-44)66-59(84)85/h6-9,14,16,34-35,37-40,66H,10-13,15,17-33,36H2,1-5H3,(H,62,79)(H,63,81)(H,64,82)(H,65,83)(H,67,77)(H,68,78)(H,71,80)(H,84,85). The lowest BCUT2D eigenvalue weighted by Crippen LogP contribution is -2.40. The zero-order valence-electron chi connectivity index (χ0n) is 53.2. The van der Waals surface area contributed by atoms with E-state index in [0.717, 1.165) is 0 Å². The smallest absolute Gasteiger partial charge is 0.409 e. The van der Waals surface area contributed by atoms with Crippen LogP contribution in [0.1, 0.15) is 78.5 Å². The lowest BCUT2D eigenvalue weighted by molar-refractivity contribution is -0.117. The van der Waals surface area contributed by atoms with Crippen LogP contribution in [0.5, 0.6) is 5.75 Å². The van der Waals surface area contributed by atoms with Crippen LogP contribution in [0, 0.1) is 0 Å². The van der Waals surface area contributed by atoms with Gasteiger partial charge in [-0.1, -0.05) is 0 Å². The van der Waals surface area contributed by atoms with E-state index in [1.807, 2.05) is 0 Å². The Bertz CT molecular complexity index is 3460. The van der Waals surface area contributed by atoms with Crippen molar-refractivity contribution in [3.63, 3.8) is 0 Å². The number of nitrogens with one attached hydrogen (secondary N) is 8. The lowest BCUT2D eigenvalue weighted by Gasteiger charge is -2.17. The maximum atomic E-state index is 13.6. The fourth-order valence-electron chi connectivity index (χ4n) is 8.97. The molecule has 0 atom stereocenters. The number of carbonyl (C=O) groups is 8. The maximum Gasteiger partial charge on any atom is 0.409 e. The van der Waals surface area contributed by atoms with Crippen LogP contribution in [-0.4, -0.2) is 221 Å². The SMILES string of the molecule is Cn1cc(NC(=O)c2nccn2C)cc1C(=O)NCCC(=O)Nc1cn(C)c(C(=O)Nc2cc(C(=O)NC3(CC(=O)Nc4cn(C)c(C(=O)NCCOCCOCCOCCOCCOCCOCCOCCOCCOc5ccc(NC(=O)O)cc5)n4)CC3)n(C)c2)n1. The van der Waals surface area contributed by atoms with Crippen molar-refractivity contribution in [3.05, 3.63) is 102 Å². The molecule has 0 spiro atoms. The third-order valence-electron chi connectivity index (χ3n) is 13.8. The second-order valence-corrected chi connectivity index (χ2v) is 21.3. The summed E-state index contributed by atoms with van der Waals surface area (Å²) < 4.78 is 57.2. The number of benzene rings is 1. The van der Waals surface area contributed by atoms with E-state index in [1.54, 1.807) is 82.7 Å². The Balaban J connectivity index is 0.658. The largest absolute Gasteiger partial charge is 0.491 e. The molecule has 34 nitrogen and oxygen atoms in total. The number of imidazole rings is 3. The van der Waals surface area contributed by atoms with Crippen LogP contribution in [0.25, 0.3) is 0 Å². The molecule has 0 unspecified atom stereocenters. The number of aryl methyl sites for hydroxylation is 5. The predicted molar refractivity (Wildman–Crippen MR) is 337 cm³/mol. The number of hydrogen-bond donors (Lipinski definition) is 9. The van der Waals surface area contributed by atoms with Crippen molar-refractivity contribution in [2.45, 2.75) is 31.2 Å². The van der Waals surface area contributed by atoms with E-state index in [-0.39, 0.29) is 78.7 Å². The van der Waals surface area contributed by atoms with Crippen LogP contribution in [0.3, 0.4) is 0 Å². The fraction of sp³-hybridized carbons (Fsp3) is 0.483. The molecule has 0 radical (unpaired) electrons. The molecule has 1 aromatic carbocycles. The average molecular weight is 1320 g/mol.